The van der Waals surface area contributed by atoms with E-state index in [2.05, 4.69) is 0 Å². The Morgan fingerprint density at radius 1 is 1.16 bits per heavy atom. The smallest absolute Gasteiger partial charge is 0.294 e. The molecular weight excluding hydrogens is 268 g/mol. The van der Waals surface area contributed by atoms with Crippen molar-refractivity contribution in [2.24, 2.45) is 0 Å². The molecule has 5 nitrogen and oxygen atoms in total. The summed E-state index contributed by atoms with van der Waals surface area (Å²) in [6, 6.07) is 4.82. The summed E-state index contributed by atoms with van der Waals surface area (Å²) in [7, 11) is -4.18. The molecule has 0 saturated heterocycles. The monoisotopic (exact) mass is 288 g/mol. The molecule has 0 radical (unpaired) electrons. The Morgan fingerprint density at radius 3 is 2.47 bits per heavy atom. The normalized spacial score (nSPS) is 11.7. The summed E-state index contributed by atoms with van der Waals surface area (Å²) in [6.45, 7) is 5.81. The second-order valence-electron chi connectivity index (χ2n) is 4.15. The third kappa shape index (κ3) is 5.69. The average Bonchev–Trinajstić information content (AvgIpc) is 2.32. The topological polar surface area (TPSA) is 72.8 Å². The summed E-state index contributed by atoms with van der Waals surface area (Å²) in [5.74, 6) is 0. The van der Waals surface area contributed by atoms with Crippen LogP contribution >= 0.6 is 0 Å². The molecule has 0 unspecified atom stereocenters. The summed E-state index contributed by atoms with van der Waals surface area (Å²) in [4.78, 5) is -0.0495. The number of benzene rings is 1. The van der Waals surface area contributed by atoms with Gasteiger partial charge < -0.3 is 9.47 Å². The Kier molecular flexibility index (Phi) is 6.44. The van der Waals surface area contributed by atoms with Crippen LogP contribution in [-0.4, -0.2) is 39.4 Å². The van der Waals surface area contributed by atoms with Crippen molar-refractivity contribution in [3.63, 3.8) is 0 Å². The Morgan fingerprint density at radius 2 is 1.84 bits per heavy atom. The van der Waals surface area contributed by atoms with E-state index in [1.165, 1.54) is 6.07 Å². The highest BCUT2D eigenvalue weighted by molar-refractivity contribution is 7.85. The fourth-order valence-electron chi connectivity index (χ4n) is 1.70. The second-order valence-corrected chi connectivity index (χ2v) is 5.54. The molecule has 0 amide bonds. The van der Waals surface area contributed by atoms with E-state index in [0.717, 1.165) is 5.56 Å². The lowest BCUT2D eigenvalue weighted by molar-refractivity contribution is 0.0539. The first kappa shape index (κ1) is 16.1. The number of hydrogen-bond acceptors (Lipinski definition) is 4. The standard InChI is InChI=1S/C13H20O5S/c1-3-17-8-9-18-7-6-12-10-11(2)4-5-13(12)19(14,15)16/h4-5,10H,3,6-9H2,1-2H3,(H,14,15,16). The van der Waals surface area contributed by atoms with E-state index in [1.54, 1.807) is 12.1 Å². The van der Waals surface area contributed by atoms with Crippen molar-refractivity contribution in [3.05, 3.63) is 29.3 Å². The van der Waals surface area contributed by atoms with Gasteiger partial charge >= 0.3 is 0 Å². The maximum absolute atomic E-state index is 11.2. The second kappa shape index (κ2) is 7.59. The Hall–Kier alpha value is -0.950. The molecule has 1 aromatic carbocycles. The lowest BCUT2D eigenvalue weighted by atomic mass is 10.1. The minimum Gasteiger partial charge on any atom is -0.379 e. The fourth-order valence-corrected chi connectivity index (χ4v) is 2.43. The maximum atomic E-state index is 11.2. The number of ether oxygens (including phenoxy) is 2. The minimum absolute atomic E-state index is 0.0495. The van der Waals surface area contributed by atoms with Gasteiger partial charge in [0, 0.05) is 6.61 Å². The van der Waals surface area contributed by atoms with Crippen molar-refractivity contribution in [1.82, 2.24) is 0 Å². The van der Waals surface area contributed by atoms with Crippen molar-refractivity contribution in [2.45, 2.75) is 25.2 Å². The summed E-state index contributed by atoms with van der Waals surface area (Å²) in [5, 5.41) is 0. The zero-order chi connectivity index (χ0) is 14.3. The van der Waals surface area contributed by atoms with E-state index < -0.39 is 10.1 Å². The van der Waals surface area contributed by atoms with Gasteiger partial charge in [0.1, 0.15) is 0 Å². The third-order valence-corrected chi connectivity index (χ3v) is 3.54. The molecule has 0 saturated carbocycles. The summed E-state index contributed by atoms with van der Waals surface area (Å²) >= 11 is 0. The van der Waals surface area contributed by atoms with Crippen LogP contribution < -0.4 is 0 Å². The average molecular weight is 288 g/mol. The van der Waals surface area contributed by atoms with Gasteiger partial charge in [0.15, 0.2) is 0 Å². The summed E-state index contributed by atoms with van der Waals surface area (Å²) in [5.41, 5.74) is 1.51. The van der Waals surface area contributed by atoms with Gasteiger partial charge in [-0.3, -0.25) is 4.55 Å². The quantitative estimate of drug-likeness (QED) is 0.583. The maximum Gasteiger partial charge on any atom is 0.294 e. The van der Waals surface area contributed by atoms with Crippen molar-refractivity contribution >= 4 is 10.1 Å². The van der Waals surface area contributed by atoms with Gasteiger partial charge in [-0.2, -0.15) is 8.42 Å². The van der Waals surface area contributed by atoms with Crippen LogP contribution in [0.2, 0.25) is 0 Å². The Labute approximate surface area is 114 Å². The Bertz CT molecular complexity index is 496. The zero-order valence-electron chi connectivity index (χ0n) is 11.3. The molecule has 19 heavy (non-hydrogen) atoms. The van der Waals surface area contributed by atoms with E-state index in [1.807, 2.05) is 13.8 Å². The van der Waals surface area contributed by atoms with Crippen molar-refractivity contribution in [3.8, 4) is 0 Å². The van der Waals surface area contributed by atoms with Gasteiger partial charge in [0.2, 0.25) is 0 Å². The van der Waals surface area contributed by atoms with Crippen molar-refractivity contribution < 1.29 is 22.4 Å². The van der Waals surface area contributed by atoms with Gasteiger partial charge in [0.05, 0.1) is 24.7 Å². The van der Waals surface area contributed by atoms with Gasteiger partial charge in [-0.25, -0.2) is 0 Å². The number of aryl methyl sites for hydroxylation is 1. The molecule has 0 aromatic heterocycles. The molecule has 108 valence electrons. The fraction of sp³-hybridized carbons (Fsp3) is 0.538. The predicted molar refractivity (Wildman–Crippen MR) is 72.0 cm³/mol. The first-order chi connectivity index (χ1) is 8.95. The predicted octanol–water partition coefficient (Wildman–Crippen LogP) is 1.84. The largest absolute Gasteiger partial charge is 0.379 e. The molecule has 1 aromatic rings. The SMILES string of the molecule is CCOCCOCCc1cc(C)ccc1S(=O)(=O)O. The molecule has 6 heteroatoms. The van der Waals surface area contributed by atoms with Gasteiger partial charge in [0.25, 0.3) is 10.1 Å². The summed E-state index contributed by atoms with van der Waals surface area (Å²) in [6.07, 6.45) is 0.433. The van der Waals surface area contributed by atoms with E-state index in [9.17, 15) is 8.42 Å². The molecule has 0 aliphatic carbocycles. The van der Waals surface area contributed by atoms with E-state index in [0.29, 0.717) is 38.4 Å². The number of rotatable bonds is 8. The van der Waals surface area contributed by atoms with Crippen LogP contribution in [0.4, 0.5) is 0 Å². The Balaban J connectivity index is 2.60. The van der Waals surface area contributed by atoms with E-state index in [4.69, 9.17) is 14.0 Å². The van der Waals surface area contributed by atoms with Crippen molar-refractivity contribution in [2.75, 3.05) is 26.4 Å². The van der Waals surface area contributed by atoms with E-state index >= 15 is 0 Å². The zero-order valence-corrected chi connectivity index (χ0v) is 12.1. The van der Waals surface area contributed by atoms with Crippen LogP contribution in [0, 0.1) is 6.92 Å². The highest BCUT2D eigenvalue weighted by atomic mass is 32.2. The van der Waals surface area contributed by atoms with Gasteiger partial charge in [-0.05, 0) is 31.9 Å². The number of hydrogen-bond donors (Lipinski definition) is 1. The first-order valence-electron chi connectivity index (χ1n) is 6.17. The van der Waals surface area contributed by atoms with E-state index in [-0.39, 0.29) is 4.90 Å². The molecule has 0 atom stereocenters. The van der Waals surface area contributed by atoms with Gasteiger partial charge in [-0.1, -0.05) is 17.7 Å². The molecule has 0 fully saturated rings. The molecule has 0 bridgehead atoms. The lowest BCUT2D eigenvalue weighted by Gasteiger charge is -2.09. The highest BCUT2D eigenvalue weighted by Crippen LogP contribution is 2.17. The van der Waals surface area contributed by atoms with Crippen LogP contribution in [0.3, 0.4) is 0 Å². The molecular formula is C13H20O5S. The van der Waals surface area contributed by atoms with Crippen LogP contribution in [0.25, 0.3) is 0 Å². The van der Waals surface area contributed by atoms with Crippen molar-refractivity contribution in [1.29, 1.82) is 0 Å². The van der Waals surface area contributed by atoms with Gasteiger partial charge in [-0.15, -0.1) is 0 Å². The molecule has 1 N–H and O–H groups in total. The summed E-state index contributed by atoms with van der Waals surface area (Å²) < 4.78 is 42.1. The van der Waals surface area contributed by atoms with Crippen LogP contribution in [0.5, 0.6) is 0 Å². The van der Waals surface area contributed by atoms with Crippen LogP contribution in [0.1, 0.15) is 18.1 Å². The first-order valence-corrected chi connectivity index (χ1v) is 7.61. The molecule has 0 spiro atoms. The molecule has 0 aliphatic heterocycles. The minimum atomic E-state index is -4.18. The molecule has 0 aliphatic rings. The highest BCUT2D eigenvalue weighted by Gasteiger charge is 2.14. The van der Waals surface area contributed by atoms with Crippen LogP contribution in [-0.2, 0) is 26.0 Å². The molecule has 0 heterocycles. The third-order valence-electron chi connectivity index (χ3n) is 2.59. The molecule has 1 rings (SSSR count). The van der Waals surface area contributed by atoms with Crippen LogP contribution in [0.15, 0.2) is 23.1 Å². The lowest BCUT2D eigenvalue weighted by Crippen LogP contribution is -2.09.